The predicted molar refractivity (Wildman–Crippen MR) is 132 cm³/mol. The third-order valence-corrected chi connectivity index (χ3v) is 7.77. The molecule has 9 heteroatoms. The first-order chi connectivity index (χ1) is 14.6. The van der Waals surface area contributed by atoms with Crippen molar-refractivity contribution in [3.63, 3.8) is 0 Å². The maximum absolute atomic E-state index is 12.3. The van der Waals surface area contributed by atoms with Gasteiger partial charge in [-0.3, -0.25) is 14.9 Å². The molecule has 0 spiro atoms. The number of rotatable bonds is 8. The summed E-state index contributed by atoms with van der Waals surface area (Å²) in [6, 6.07) is 11.4. The van der Waals surface area contributed by atoms with Crippen LogP contribution in [0.3, 0.4) is 0 Å². The zero-order valence-electron chi connectivity index (χ0n) is 17.8. The fourth-order valence-corrected chi connectivity index (χ4v) is 5.38. The number of Topliss-reactive ketones (excluding diaryl/α,β-unsaturated/α-hetero) is 1. The number of ketones is 1. The molecule has 0 saturated heterocycles. The Labute approximate surface area is 198 Å². The first-order valence-electron chi connectivity index (χ1n) is 9.82. The van der Waals surface area contributed by atoms with Gasteiger partial charge in [-0.15, -0.1) is 0 Å². The van der Waals surface area contributed by atoms with Crippen molar-refractivity contribution in [3.8, 4) is 11.3 Å². The summed E-state index contributed by atoms with van der Waals surface area (Å²) in [6.07, 6.45) is 0.990. The van der Waals surface area contributed by atoms with Crippen molar-refractivity contribution in [1.82, 2.24) is 4.98 Å². The normalized spacial score (nSPS) is 11.5. The van der Waals surface area contributed by atoms with Crippen LogP contribution in [0.25, 0.3) is 11.3 Å². The van der Waals surface area contributed by atoms with Crippen molar-refractivity contribution in [3.05, 3.63) is 60.7 Å². The molecule has 3 rings (SSSR count). The monoisotopic (exact) mass is 521 g/mol. The molecule has 0 saturated carbocycles. The summed E-state index contributed by atoms with van der Waals surface area (Å²) in [5, 5.41) is 11.7. The van der Waals surface area contributed by atoms with Crippen LogP contribution in [0.5, 0.6) is 0 Å². The maximum atomic E-state index is 12.3. The van der Waals surface area contributed by atoms with Crippen molar-refractivity contribution in [2.75, 3.05) is 18.5 Å². The Morgan fingerprint density at radius 2 is 1.84 bits per heavy atom. The number of carbonyl (C=O) groups excluding carboxylic acids is 1. The van der Waals surface area contributed by atoms with E-state index in [1.54, 1.807) is 11.3 Å². The Morgan fingerprint density at radius 1 is 1.16 bits per heavy atom. The average molecular weight is 522 g/mol. The molecule has 6 nitrogen and oxygen atoms in total. The number of benzene rings is 1. The molecule has 31 heavy (non-hydrogen) atoms. The number of thiazole rings is 1. The van der Waals surface area contributed by atoms with Gasteiger partial charge >= 0.3 is 5.00 Å². The van der Waals surface area contributed by atoms with Crippen molar-refractivity contribution in [1.29, 1.82) is 0 Å². The molecule has 0 atom stereocenters. The van der Waals surface area contributed by atoms with Gasteiger partial charge in [0.05, 0.1) is 19.3 Å². The summed E-state index contributed by atoms with van der Waals surface area (Å²) in [4.78, 5) is 29.9. The second-order valence-corrected chi connectivity index (χ2v) is 11.6. The lowest BCUT2D eigenvalue weighted by Crippen LogP contribution is -2.19. The third kappa shape index (κ3) is 5.78. The van der Waals surface area contributed by atoms with Crippen LogP contribution in [0.15, 0.2) is 40.2 Å². The summed E-state index contributed by atoms with van der Waals surface area (Å²) in [5.74, 6) is -0.0635. The molecule has 1 aromatic carbocycles. The molecular weight excluding hydrogens is 498 g/mol. The SMILES string of the molecule is CN(CCCC(=O)c1ccc([N+](=O)[O-])s1)c1nc(-c2ccc(C(C)(C)C)cc2)c(Br)s1. The molecule has 0 aliphatic heterocycles. The largest absolute Gasteiger partial charge is 0.351 e. The number of hydrogen-bond acceptors (Lipinski definition) is 7. The summed E-state index contributed by atoms with van der Waals surface area (Å²) < 4.78 is 0.972. The van der Waals surface area contributed by atoms with E-state index in [-0.39, 0.29) is 16.2 Å². The molecule has 0 aliphatic carbocycles. The summed E-state index contributed by atoms with van der Waals surface area (Å²) in [7, 11) is 1.96. The van der Waals surface area contributed by atoms with E-state index in [1.807, 2.05) is 11.9 Å². The number of aromatic nitrogens is 1. The van der Waals surface area contributed by atoms with Crippen LogP contribution < -0.4 is 4.90 Å². The van der Waals surface area contributed by atoms with Crippen molar-refractivity contribution < 1.29 is 9.72 Å². The van der Waals surface area contributed by atoms with Gasteiger partial charge in [0.1, 0.15) is 0 Å². The first kappa shape index (κ1) is 23.6. The molecule has 2 aromatic heterocycles. The molecule has 0 bridgehead atoms. The first-order valence-corrected chi connectivity index (χ1v) is 12.2. The Hall–Kier alpha value is -2.10. The highest BCUT2D eigenvalue weighted by molar-refractivity contribution is 9.11. The highest BCUT2D eigenvalue weighted by Crippen LogP contribution is 2.37. The fourth-order valence-electron chi connectivity index (χ4n) is 3.03. The average Bonchev–Trinajstić information content (AvgIpc) is 3.34. The second-order valence-electron chi connectivity index (χ2n) is 8.29. The number of thiophene rings is 1. The van der Waals surface area contributed by atoms with E-state index >= 15 is 0 Å². The van der Waals surface area contributed by atoms with Crippen LogP contribution in [-0.4, -0.2) is 29.3 Å². The Morgan fingerprint density at radius 3 is 2.42 bits per heavy atom. The molecule has 0 amide bonds. The topological polar surface area (TPSA) is 76.3 Å². The Bertz CT molecular complexity index is 1080. The van der Waals surface area contributed by atoms with Gasteiger partial charge in [-0.2, -0.15) is 0 Å². The highest BCUT2D eigenvalue weighted by Gasteiger charge is 2.18. The summed E-state index contributed by atoms with van der Waals surface area (Å²) >= 11 is 6.13. The zero-order valence-corrected chi connectivity index (χ0v) is 21.1. The van der Waals surface area contributed by atoms with E-state index in [0.717, 1.165) is 31.5 Å². The predicted octanol–water partition coefficient (Wildman–Crippen LogP) is 6.94. The molecule has 3 aromatic rings. The van der Waals surface area contributed by atoms with Gasteiger partial charge in [0, 0.05) is 31.6 Å². The van der Waals surface area contributed by atoms with Gasteiger partial charge in [0.15, 0.2) is 10.9 Å². The van der Waals surface area contributed by atoms with Crippen LogP contribution in [0.2, 0.25) is 0 Å². The number of hydrogen-bond donors (Lipinski definition) is 0. The zero-order chi connectivity index (χ0) is 22.8. The summed E-state index contributed by atoms with van der Waals surface area (Å²) in [6.45, 7) is 7.25. The summed E-state index contributed by atoms with van der Waals surface area (Å²) in [5.41, 5.74) is 3.36. The van der Waals surface area contributed by atoms with Crippen LogP contribution >= 0.6 is 38.6 Å². The molecule has 0 aliphatic rings. The number of nitrogens with zero attached hydrogens (tertiary/aromatic N) is 3. The van der Waals surface area contributed by atoms with Crippen LogP contribution in [-0.2, 0) is 5.41 Å². The van der Waals surface area contributed by atoms with E-state index in [4.69, 9.17) is 4.98 Å². The van der Waals surface area contributed by atoms with E-state index in [1.165, 1.54) is 17.7 Å². The number of halogens is 1. The quantitative estimate of drug-likeness (QED) is 0.182. The van der Waals surface area contributed by atoms with E-state index < -0.39 is 4.92 Å². The van der Waals surface area contributed by atoms with Crippen molar-refractivity contribution in [2.24, 2.45) is 0 Å². The molecule has 0 N–H and O–H groups in total. The van der Waals surface area contributed by atoms with Gasteiger partial charge in [0.2, 0.25) is 0 Å². The highest BCUT2D eigenvalue weighted by atomic mass is 79.9. The van der Waals surface area contributed by atoms with Crippen LogP contribution in [0.4, 0.5) is 10.1 Å². The second kappa shape index (κ2) is 9.58. The maximum Gasteiger partial charge on any atom is 0.324 e. The molecule has 164 valence electrons. The minimum Gasteiger partial charge on any atom is -0.351 e. The Kier molecular flexibility index (Phi) is 7.28. The lowest BCUT2D eigenvalue weighted by molar-refractivity contribution is -0.380. The molecule has 0 unspecified atom stereocenters. The number of anilines is 1. The van der Waals surface area contributed by atoms with Gasteiger partial charge in [-0.1, -0.05) is 67.7 Å². The molecule has 0 radical (unpaired) electrons. The van der Waals surface area contributed by atoms with Gasteiger partial charge in [0.25, 0.3) is 0 Å². The van der Waals surface area contributed by atoms with E-state index in [9.17, 15) is 14.9 Å². The van der Waals surface area contributed by atoms with Crippen molar-refractivity contribution >= 4 is 54.5 Å². The molecule has 2 heterocycles. The van der Waals surface area contributed by atoms with Gasteiger partial charge in [-0.05, 0) is 39.4 Å². The van der Waals surface area contributed by atoms with Crippen LogP contribution in [0, 0.1) is 10.1 Å². The third-order valence-electron chi connectivity index (χ3n) is 4.87. The van der Waals surface area contributed by atoms with Gasteiger partial charge in [-0.25, -0.2) is 4.98 Å². The lowest BCUT2D eigenvalue weighted by Gasteiger charge is -2.19. The lowest BCUT2D eigenvalue weighted by atomic mass is 9.86. The Balaban J connectivity index is 1.60. The molecular formula is C22H24BrN3O3S2. The van der Waals surface area contributed by atoms with E-state index in [2.05, 4.69) is 61.0 Å². The minimum absolute atomic E-state index is 0.00355. The van der Waals surface area contributed by atoms with Crippen molar-refractivity contribution in [2.45, 2.75) is 39.0 Å². The molecule has 0 fully saturated rings. The van der Waals surface area contributed by atoms with E-state index in [0.29, 0.717) is 24.3 Å². The van der Waals surface area contributed by atoms with Crippen LogP contribution in [0.1, 0.15) is 48.8 Å². The fraction of sp³-hybridized carbons (Fsp3) is 0.364. The van der Waals surface area contributed by atoms with Gasteiger partial charge < -0.3 is 4.90 Å². The standard InChI is InChI=1S/C22H24BrN3O3S2/c1-22(2,3)15-9-7-14(8-10-15)19-20(23)31-21(24-19)25(4)13-5-6-16(27)17-11-12-18(30-17)26(28)29/h7-12H,5-6,13H2,1-4H3. The smallest absolute Gasteiger partial charge is 0.324 e. The minimum atomic E-state index is -0.468. The number of nitro groups is 1. The number of carbonyl (C=O) groups is 1.